The molecule has 0 radical (unpaired) electrons. The molecule has 2 unspecified atom stereocenters. The largest absolute Gasteiger partial charge is 0.344 e. The van der Waals surface area contributed by atoms with Crippen molar-refractivity contribution < 1.29 is 9.59 Å². The van der Waals surface area contributed by atoms with Crippen LogP contribution in [0.5, 0.6) is 0 Å². The Hall–Kier alpha value is -1.06. The molecule has 4 nitrogen and oxygen atoms in total. The Morgan fingerprint density at radius 3 is 2.47 bits per heavy atom. The van der Waals surface area contributed by atoms with E-state index in [2.05, 4.69) is 26.1 Å². The first kappa shape index (κ1) is 14.4. The normalized spacial score (nSPS) is 26.3. The van der Waals surface area contributed by atoms with Crippen LogP contribution in [-0.4, -0.2) is 35.3 Å². The number of carbonyl (C=O) groups is 2. The molecule has 1 aliphatic heterocycles. The lowest BCUT2D eigenvalue weighted by Gasteiger charge is -2.30. The number of carbonyl (C=O) groups excluding carboxylic acids is 2. The highest BCUT2D eigenvalue weighted by molar-refractivity contribution is 5.90. The fourth-order valence-corrected chi connectivity index (χ4v) is 2.89. The lowest BCUT2D eigenvalue weighted by atomic mass is 10.0. The van der Waals surface area contributed by atoms with E-state index in [1.165, 1.54) is 12.8 Å². The van der Waals surface area contributed by atoms with Gasteiger partial charge in [0.2, 0.25) is 11.8 Å². The van der Waals surface area contributed by atoms with Gasteiger partial charge in [0.1, 0.15) is 6.04 Å². The van der Waals surface area contributed by atoms with E-state index in [9.17, 15) is 9.59 Å². The van der Waals surface area contributed by atoms with Crippen LogP contribution in [0.15, 0.2) is 0 Å². The van der Waals surface area contributed by atoms with Gasteiger partial charge in [-0.2, -0.15) is 0 Å². The molecule has 0 aromatic rings. The van der Waals surface area contributed by atoms with Crippen molar-refractivity contribution in [2.24, 2.45) is 11.8 Å². The zero-order chi connectivity index (χ0) is 14.0. The topological polar surface area (TPSA) is 49.4 Å². The summed E-state index contributed by atoms with van der Waals surface area (Å²) in [6, 6.07) is -0.0565. The Balaban J connectivity index is 2.03. The molecule has 1 saturated heterocycles. The van der Waals surface area contributed by atoms with E-state index in [-0.39, 0.29) is 23.9 Å². The van der Waals surface area contributed by atoms with Gasteiger partial charge in [0.15, 0.2) is 0 Å². The minimum atomic E-state index is -0.323. The van der Waals surface area contributed by atoms with Gasteiger partial charge in [-0.05, 0) is 31.6 Å². The molecule has 2 aliphatic rings. The van der Waals surface area contributed by atoms with Crippen molar-refractivity contribution in [3.05, 3.63) is 0 Å². The molecule has 1 heterocycles. The fraction of sp³-hybridized carbons (Fsp3) is 0.867. The minimum absolute atomic E-state index is 0.0140. The molecule has 2 fully saturated rings. The zero-order valence-corrected chi connectivity index (χ0v) is 12.3. The van der Waals surface area contributed by atoms with Gasteiger partial charge in [-0.15, -0.1) is 0 Å². The molecule has 0 aromatic carbocycles. The second-order valence-electron chi connectivity index (χ2n) is 6.56. The van der Waals surface area contributed by atoms with E-state index in [0.717, 1.165) is 18.8 Å². The lowest BCUT2D eigenvalue weighted by molar-refractivity contribution is -0.135. The summed E-state index contributed by atoms with van der Waals surface area (Å²) in [7, 11) is 0. The SMILES string of the molecule is CC(C)CC1NC(=O)CCN(C(C)CC2CC2)C1=O. The van der Waals surface area contributed by atoms with Crippen LogP contribution >= 0.6 is 0 Å². The maximum atomic E-state index is 12.6. The van der Waals surface area contributed by atoms with Crippen molar-refractivity contribution in [2.45, 2.75) is 65.0 Å². The molecule has 1 aliphatic carbocycles. The molecule has 2 atom stereocenters. The summed E-state index contributed by atoms with van der Waals surface area (Å²) in [5, 5.41) is 2.88. The van der Waals surface area contributed by atoms with Crippen molar-refractivity contribution in [3.63, 3.8) is 0 Å². The summed E-state index contributed by atoms with van der Waals surface area (Å²) < 4.78 is 0. The van der Waals surface area contributed by atoms with E-state index in [4.69, 9.17) is 0 Å². The molecule has 0 bridgehead atoms. The first-order chi connectivity index (χ1) is 8.97. The monoisotopic (exact) mass is 266 g/mol. The molecule has 2 amide bonds. The highest BCUT2D eigenvalue weighted by Crippen LogP contribution is 2.35. The summed E-state index contributed by atoms with van der Waals surface area (Å²) in [5.41, 5.74) is 0. The Morgan fingerprint density at radius 2 is 1.89 bits per heavy atom. The quantitative estimate of drug-likeness (QED) is 0.826. The summed E-state index contributed by atoms with van der Waals surface area (Å²) in [5.74, 6) is 1.35. The van der Waals surface area contributed by atoms with Crippen molar-refractivity contribution in [1.29, 1.82) is 0 Å². The highest BCUT2D eigenvalue weighted by atomic mass is 16.2. The van der Waals surface area contributed by atoms with Crippen molar-refractivity contribution in [2.75, 3.05) is 6.54 Å². The summed E-state index contributed by atoms with van der Waals surface area (Å²) in [6.45, 7) is 6.87. The van der Waals surface area contributed by atoms with Gasteiger partial charge in [-0.3, -0.25) is 9.59 Å². The Labute approximate surface area is 115 Å². The predicted molar refractivity (Wildman–Crippen MR) is 74.5 cm³/mol. The van der Waals surface area contributed by atoms with Crippen LogP contribution in [0.2, 0.25) is 0 Å². The molecule has 1 saturated carbocycles. The van der Waals surface area contributed by atoms with Crippen molar-refractivity contribution in [1.82, 2.24) is 10.2 Å². The second kappa shape index (κ2) is 5.93. The maximum Gasteiger partial charge on any atom is 0.245 e. The minimum Gasteiger partial charge on any atom is -0.344 e. The van der Waals surface area contributed by atoms with E-state index < -0.39 is 0 Å². The van der Waals surface area contributed by atoms with E-state index in [0.29, 0.717) is 18.9 Å². The lowest BCUT2D eigenvalue weighted by Crippen LogP contribution is -2.48. The van der Waals surface area contributed by atoms with Gasteiger partial charge < -0.3 is 10.2 Å². The van der Waals surface area contributed by atoms with Crippen molar-refractivity contribution >= 4 is 11.8 Å². The van der Waals surface area contributed by atoms with Crippen LogP contribution in [0.3, 0.4) is 0 Å². The van der Waals surface area contributed by atoms with Crippen LogP contribution in [0.25, 0.3) is 0 Å². The summed E-state index contributed by atoms with van der Waals surface area (Å²) >= 11 is 0. The number of hydrogen-bond donors (Lipinski definition) is 1. The van der Waals surface area contributed by atoms with Gasteiger partial charge >= 0.3 is 0 Å². The molecular weight excluding hydrogens is 240 g/mol. The zero-order valence-electron chi connectivity index (χ0n) is 12.3. The third kappa shape index (κ3) is 3.95. The molecule has 1 N–H and O–H groups in total. The molecule has 19 heavy (non-hydrogen) atoms. The number of rotatable bonds is 5. The van der Waals surface area contributed by atoms with Gasteiger partial charge in [-0.25, -0.2) is 0 Å². The molecular formula is C15H26N2O2. The van der Waals surface area contributed by atoms with Crippen LogP contribution in [-0.2, 0) is 9.59 Å². The molecule has 0 aromatic heterocycles. The standard InChI is InChI=1S/C15H26N2O2/c1-10(2)8-13-15(19)17(7-6-14(18)16-13)11(3)9-12-4-5-12/h10-13H,4-9H2,1-3H3,(H,16,18). The first-order valence-electron chi connectivity index (χ1n) is 7.57. The van der Waals surface area contributed by atoms with Gasteiger partial charge in [0.05, 0.1) is 0 Å². The Morgan fingerprint density at radius 1 is 1.21 bits per heavy atom. The first-order valence-corrected chi connectivity index (χ1v) is 7.57. The third-order valence-corrected chi connectivity index (χ3v) is 4.11. The smallest absolute Gasteiger partial charge is 0.245 e. The number of amides is 2. The summed E-state index contributed by atoms with van der Waals surface area (Å²) in [6.07, 6.45) is 4.87. The van der Waals surface area contributed by atoms with Crippen LogP contribution < -0.4 is 5.32 Å². The predicted octanol–water partition coefficient (Wildman–Crippen LogP) is 1.94. The maximum absolute atomic E-state index is 12.6. The van der Waals surface area contributed by atoms with Crippen LogP contribution in [0.1, 0.15) is 52.9 Å². The van der Waals surface area contributed by atoms with Gasteiger partial charge in [-0.1, -0.05) is 26.7 Å². The molecule has 0 spiro atoms. The molecule has 2 rings (SSSR count). The highest BCUT2D eigenvalue weighted by Gasteiger charge is 2.34. The summed E-state index contributed by atoms with van der Waals surface area (Å²) in [4.78, 5) is 26.2. The number of nitrogens with zero attached hydrogens (tertiary/aromatic N) is 1. The molecule has 108 valence electrons. The van der Waals surface area contributed by atoms with Crippen molar-refractivity contribution in [3.8, 4) is 0 Å². The number of hydrogen-bond acceptors (Lipinski definition) is 2. The average molecular weight is 266 g/mol. The third-order valence-electron chi connectivity index (χ3n) is 4.11. The van der Waals surface area contributed by atoms with E-state index >= 15 is 0 Å². The fourth-order valence-electron chi connectivity index (χ4n) is 2.89. The number of nitrogens with one attached hydrogen (secondary N) is 1. The average Bonchev–Trinajstić information content (AvgIpc) is 3.11. The van der Waals surface area contributed by atoms with Crippen LogP contribution in [0.4, 0.5) is 0 Å². The second-order valence-corrected chi connectivity index (χ2v) is 6.56. The Kier molecular flexibility index (Phi) is 4.48. The Bertz CT molecular complexity index is 350. The van der Waals surface area contributed by atoms with Gasteiger partial charge in [0, 0.05) is 19.0 Å². The van der Waals surface area contributed by atoms with E-state index in [1.807, 2.05) is 4.90 Å². The van der Waals surface area contributed by atoms with E-state index in [1.54, 1.807) is 0 Å². The van der Waals surface area contributed by atoms with Crippen LogP contribution in [0, 0.1) is 11.8 Å². The molecule has 4 heteroatoms. The van der Waals surface area contributed by atoms with Gasteiger partial charge in [0.25, 0.3) is 0 Å².